The average Bonchev–Trinajstić information content (AvgIpc) is 2.26. The van der Waals surface area contributed by atoms with E-state index in [2.05, 4.69) is 16.3 Å². The van der Waals surface area contributed by atoms with Gasteiger partial charge in [0.05, 0.1) is 0 Å². The van der Waals surface area contributed by atoms with Crippen LogP contribution in [0.25, 0.3) is 0 Å². The molecule has 0 bridgehead atoms. The minimum atomic E-state index is -3.69. The molecule has 0 saturated heterocycles. The van der Waals surface area contributed by atoms with E-state index in [0.29, 0.717) is 5.57 Å². The van der Waals surface area contributed by atoms with Gasteiger partial charge in [-0.2, -0.15) is 5.26 Å². The van der Waals surface area contributed by atoms with E-state index in [1.54, 1.807) is 13.0 Å². The molecule has 1 aromatic rings. The van der Waals surface area contributed by atoms with Gasteiger partial charge in [-0.1, -0.05) is 12.2 Å². The van der Waals surface area contributed by atoms with Gasteiger partial charge >= 0.3 is 0 Å². The molecule has 0 fully saturated rings. The molecule has 5 nitrogen and oxygen atoms in total. The van der Waals surface area contributed by atoms with Crippen LogP contribution in [-0.2, 0) is 10.0 Å². The van der Waals surface area contributed by atoms with Crippen LogP contribution in [0.4, 0.5) is 0 Å². The van der Waals surface area contributed by atoms with E-state index >= 15 is 0 Å². The summed E-state index contributed by atoms with van der Waals surface area (Å²) >= 11 is 0. The van der Waals surface area contributed by atoms with Crippen molar-refractivity contribution in [3.8, 4) is 6.07 Å². The van der Waals surface area contributed by atoms with E-state index in [1.165, 1.54) is 18.3 Å². The molecule has 0 atom stereocenters. The second-order valence-electron chi connectivity index (χ2n) is 3.24. The van der Waals surface area contributed by atoms with Gasteiger partial charge in [0, 0.05) is 12.7 Å². The first-order valence-electron chi connectivity index (χ1n) is 4.46. The van der Waals surface area contributed by atoms with E-state index in [0.717, 1.165) is 0 Å². The van der Waals surface area contributed by atoms with Gasteiger partial charge in [-0.15, -0.1) is 0 Å². The Kier molecular flexibility index (Phi) is 3.77. The smallest absolute Gasteiger partial charge is 0.243 e. The molecular weight excluding hydrogens is 226 g/mol. The molecule has 84 valence electrons. The fourth-order valence-corrected chi connectivity index (χ4v) is 2.19. The Morgan fingerprint density at radius 1 is 1.69 bits per heavy atom. The van der Waals surface area contributed by atoms with Crippen LogP contribution < -0.4 is 4.72 Å². The van der Waals surface area contributed by atoms with Crippen LogP contribution in [0.3, 0.4) is 0 Å². The number of aromatic nitrogens is 1. The predicted molar refractivity (Wildman–Crippen MR) is 59.0 cm³/mol. The first kappa shape index (κ1) is 12.4. The number of rotatable bonds is 4. The maximum absolute atomic E-state index is 11.8. The molecule has 1 heterocycles. The molecule has 0 unspecified atom stereocenters. The normalized spacial score (nSPS) is 10.8. The highest BCUT2D eigenvalue weighted by molar-refractivity contribution is 7.89. The van der Waals surface area contributed by atoms with Gasteiger partial charge in [-0.25, -0.2) is 18.1 Å². The molecule has 0 saturated carbocycles. The van der Waals surface area contributed by atoms with Gasteiger partial charge in [0.25, 0.3) is 0 Å². The molecule has 0 radical (unpaired) electrons. The zero-order chi connectivity index (χ0) is 12.2. The number of nitriles is 1. The molecule has 0 aliphatic heterocycles. The number of hydrogen-bond donors (Lipinski definition) is 1. The summed E-state index contributed by atoms with van der Waals surface area (Å²) in [6, 6.07) is 4.54. The minimum absolute atomic E-state index is 0.112. The van der Waals surface area contributed by atoms with Gasteiger partial charge in [-0.3, -0.25) is 0 Å². The largest absolute Gasteiger partial charge is 0.244 e. The Hall–Kier alpha value is -1.71. The summed E-state index contributed by atoms with van der Waals surface area (Å²) in [5.74, 6) is 0. The topological polar surface area (TPSA) is 82.8 Å². The first-order valence-corrected chi connectivity index (χ1v) is 5.95. The Morgan fingerprint density at radius 3 is 2.94 bits per heavy atom. The fourth-order valence-electron chi connectivity index (χ4n) is 0.987. The van der Waals surface area contributed by atoms with Gasteiger partial charge in [-0.05, 0) is 19.1 Å². The highest BCUT2D eigenvalue weighted by Crippen LogP contribution is 2.11. The van der Waals surface area contributed by atoms with E-state index in [4.69, 9.17) is 5.26 Å². The lowest BCUT2D eigenvalue weighted by Crippen LogP contribution is -2.26. The first-order chi connectivity index (χ1) is 7.47. The van der Waals surface area contributed by atoms with Crippen molar-refractivity contribution in [3.05, 3.63) is 36.2 Å². The van der Waals surface area contributed by atoms with Crippen LogP contribution in [-0.4, -0.2) is 19.9 Å². The van der Waals surface area contributed by atoms with Crippen LogP contribution in [0.5, 0.6) is 0 Å². The molecule has 1 N–H and O–H groups in total. The van der Waals surface area contributed by atoms with E-state index < -0.39 is 10.0 Å². The average molecular weight is 237 g/mol. The van der Waals surface area contributed by atoms with Crippen LogP contribution >= 0.6 is 0 Å². The lowest BCUT2D eigenvalue weighted by molar-refractivity contribution is 0.584. The van der Waals surface area contributed by atoms with Crippen molar-refractivity contribution in [2.75, 3.05) is 6.54 Å². The molecule has 0 amide bonds. The third-order valence-electron chi connectivity index (χ3n) is 1.73. The SMILES string of the molecule is C=C(C)CNS(=O)(=O)c1cccnc1C#N. The molecule has 0 aromatic carbocycles. The Morgan fingerprint density at radius 2 is 2.38 bits per heavy atom. The van der Waals surface area contributed by atoms with Crippen molar-refractivity contribution in [3.63, 3.8) is 0 Å². The predicted octanol–water partition coefficient (Wildman–Crippen LogP) is 0.808. The van der Waals surface area contributed by atoms with Crippen molar-refractivity contribution < 1.29 is 8.42 Å². The summed E-state index contributed by atoms with van der Waals surface area (Å²) in [6.07, 6.45) is 1.37. The molecule has 0 spiro atoms. The number of nitrogens with zero attached hydrogens (tertiary/aromatic N) is 2. The molecular formula is C10H11N3O2S. The highest BCUT2D eigenvalue weighted by Gasteiger charge is 2.18. The van der Waals surface area contributed by atoms with Crippen LogP contribution in [0, 0.1) is 11.3 Å². The van der Waals surface area contributed by atoms with Crippen LogP contribution in [0.2, 0.25) is 0 Å². The van der Waals surface area contributed by atoms with Gasteiger partial charge in [0.2, 0.25) is 10.0 Å². The Labute approximate surface area is 94.5 Å². The number of hydrogen-bond acceptors (Lipinski definition) is 4. The number of sulfonamides is 1. The van der Waals surface area contributed by atoms with Crippen molar-refractivity contribution in [1.29, 1.82) is 5.26 Å². The Balaban J connectivity index is 3.08. The summed E-state index contributed by atoms with van der Waals surface area (Å²) < 4.78 is 25.9. The molecule has 0 aliphatic carbocycles. The second-order valence-corrected chi connectivity index (χ2v) is 4.98. The van der Waals surface area contributed by atoms with Crippen molar-refractivity contribution in [2.24, 2.45) is 0 Å². The van der Waals surface area contributed by atoms with Crippen LogP contribution in [0.15, 0.2) is 35.4 Å². The second kappa shape index (κ2) is 4.88. The zero-order valence-electron chi connectivity index (χ0n) is 8.77. The lowest BCUT2D eigenvalue weighted by Gasteiger charge is -2.06. The third kappa shape index (κ3) is 2.89. The molecule has 16 heavy (non-hydrogen) atoms. The van der Waals surface area contributed by atoms with E-state index in [9.17, 15) is 8.42 Å². The van der Waals surface area contributed by atoms with Crippen molar-refractivity contribution >= 4 is 10.0 Å². The monoisotopic (exact) mass is 237 g/mol. The summed E-state index contributed by atoms with van der Waals surface area (Å²) in [4.78, 5) is 3.58. The van der Waals surface area contributed by atoms with Gasteiger partial charge in [0.15, 0.2) is 5.69 Å². The zero-order valence-corrected chi connectivity index (χ0v) is 9.58. The standard InChI is InChI=1S/C10H11N3O2S/c1-8(2)7-13-16(14,15)10-4-3-5-12-9(10)6-11/h3-5,13H,1,7H2,2H3. The summed E-state index contributed by atoms with van der Waals surface area (Å²) in [5.41, 5.74) is 0.572. The highest BCUT2D eigenvalue weighted by atomic mass is 32.2. The maximum atomic E-state index is 11.8. The molecule has 1 aromatic heterocycles. The summed E-state index contributed by atoms with van der Waals surface area (Å²) in [7, 11) is -3.69. The van der Waals surface area contributed by atoms with Gasteiger partial charge in [0.1, 0.15) is 11.0 Å². The molecule has 1 rings (SSSR count). The maximum Gasteiger partial charge on any atom is 0.243 e. The molecule has 6 heteroatoms. The fraction of sp³-hybridized carbons (Fsp3) is 0.200. The minimum Gasteiger partial charge on any atom is -0.244 e. The number of nitrogens with one attached hydrogen (secondary N) is 1. The van der Waals surface area contributed by atoms with E-state index in [1.807, 2.05) is 0 Å². The quantitative estimate of drug-likeness (QED) is 0.785. The summed E-state index contributed by atoms with van der Waals surface area (Å²) in [5, 5.41) is 8.74. The number of pyridine rings is 1. The third-order valence-corrected chi connectivity index (χ3v) is 3.16. The lowest BCUT2D eigenvalue weighted by atomic mass is 10.4. The Bertz CT molecular complexity index is 543. The van der Waals surface area contributed by atoms with Crippen molar-refractivity contribution in [1.82, 2.24) is 9.71 Å². The van der Waals surface area contributed by atoms with Crippen molar-refractivity contribution in [2.45, 2.75) is 11.8 Å². The molecule has 0 aliphatic rings. The van der Waals surface area contributed by atoms with E-state index in [-0.39, 0.29) is 17.1 Å². The van der Waals surface area contributed by atoms with Gasteiger partial charge < -0.3 is 0 Å². The van der Waals surface area contributed by atoms with Crippen LogP contribution in [0.1, 0.15) is 12.6 Å². The summed E-state index contributed by atoms with van der Waals surface area (Å²) in [6.45, 7) is 5.43.